The summed E-state index contributed by atoms with van der Waals surface area (Å²) < 4.78 is 22.1. The van der Waals surface area contributed by atoms with Crippen molar-refractivity contribution in [3.8, 4) is 17.2 Å². The zero-order chi connectivity index (χ0) is 19.7. The predicted octanol–water partition coefficient (Wildman–Crippen LogP) is 3.35. The molecular formula is C20H28O6. The van der Waals surface area contributed by atoms with E-state index in [-0.39, 0.29) is 22.9 Å². The average Bonchev–Trinajstić information content (AvgIpc) is 2.61. The molecule has 1 aliphatic rings. The smallest absolute Gasteiger partial charge is 0.214 e. The molecule has 1 aromatic carbocycles. The molecule has 1 aliphatic carbocycles. The van der Waals surface area contributed by atoms with Gasteiger partial charge >= 0.3 is 0 Å². The standard InChI is InChI=1S/C20H28O6/c1-8-9-12-17(21)20(22,18(12)26-19(2,3)4)13-10-11-14(23-5)16(25-7)15(13)24-6/h10-11,22H,8-9H2,1-7H3. The van der Waals surface area contributed by atoms with Crippen molar-refractivity contribution in [1.82, 2.24) is 0 Å². The molecule has 144 valence electrons. The maximum atomic E-state index is 12.9. The first-order chi connectivity index (χ1) is 12.1. The van der Waals surface area contributed by atoms with E-state index in [4.69, 9.17) is 18.9 Å². The van der Waals surface area contributed by atoms with Crippen molar-refractivity contribution in [1.29, 1.82) is 0 Å². The summed E-state index contributed by atoms with van der Waals surface area (Å²) in [6.07, 6.45) is 1.32. The Morgan fingerprint density at radius 2 is 1.65 bits per heavy atom. The summed E-state index contributed by atoms with van der Waals surface area (Å²) in [5.41, 5.74) is -1.67. The Morgan fingerprint density at radius 3 is 2.12 bits per heavy atom. The number of benzene rings is 1. The molecule has 1 atom stereocenters. The van der Waals surface area contributed by atoms with Crippen LogP contribution in [0.5, 0.6) is 17.2 Å². The Hall–Kier alpha value is -2.21. The van der Waals surface area contributed by atoms with E-state index < -0.39 is 11.2 Å². The highest BCUT2D eigenvalue weighted by Gasteiger charge is 2.58. The van der Waals surface area contributed by atoms with Crippen LogP contribution in [0.15, 0.2) is 23.5 Å². The van der Waals surface area contributed by atoms with Crippen LogP contribution < -0.4 is 14.2 Å². The number of aliphatic hydroxyl groups is 1. The molecule has 0 fully saturated rings. The van der Waals surface area contributed by atoms with Gasteiger partial charge in [0.1, 0.15) is 11.4 Å². The molecule has 1 aromatic rings. The summed E-state index contributed by atoms with van der Waals surface area (Å²) in [4.78, 5) is 12.9. The van der Waals surface area contributed by atoms with Crippen molar-refractivity contribution >= 4 is 5.78 Å². The molecule has 1 unspecified atom stereocenters. The van der Waals surface area contributed by atoms with Crippen LogP contribution in [0.2, 0.25) is 0 Å². The monoisotopic (exact) mass is 364 g/mol. The van der Waals surface area contributed by atoms with E-state index in [0.29, 0.717) is 23.5 Å². The van der Waals surface area contributed by atoms with Gasteiger partial charge in [0.05, 0.1) is 21.3 Å². The van der Waals surface area contributed by atoms with E-state index in [2.05, 4.69) is 0 Å². The van der Waals surface area contributed by atoms with Crippen molar-refractivity contribution in [3.63, 3.8) is 0 Å². The van der Waals surface area contributed by atoms with E-state index in [9.17, 15) is 9.90 Å². The first-order valence-corrected chi connectivity index (χ1v) is 8.64. The fraction of sp³-hybridized carbons (Fsp3) is 0.550. The first kappa shape index (κ1) is 20.1. The van der Waals surface area contributed by atoms with Gasteiger partial charge < -0.3 is 24.1 Å². The van der Waals surface area contributed by atoms with Crippen LogP contribution in [0.4, 0.5) is 0 Å². The highest BCUT2D eigenvalue weighted by molar-refractivity contribution is 6.12. The molecule has 2 rings (SSSR count). The summed E-state index contributed by atoms with van der Waals surface area (Å²) in [5.74, 6) is 0.909. The summed E-state index contributed by atoms with van der Waals surface area (Å²) in [7, 11) is 4.43. The SMILES string of the molecule is CCCC1=C(OC(C)(C)C)C(O)(c2ccc(OC)c(OC)c2OC)C1=O. The molecular weight excluding hydrogens is 336 g/mol. The number of ether oxygens (including phenoxy) is 4. The van der Waals surface area contributed by atoms with Crippen molar-refractivity contribution in [2.45, 2.75) is 51.7 Å². The topological polar surface area (TPSA) is 74.2 Å². The van der Waals surface area contributed by atoms with Crippen LogP contribution in [0.3, 0.4) is 0 Å². The molecule has 0 spiro atoms. The molecule has 0 saturated carbocycles. The zero-order valence-corrected chi connectivity index (χ0v) is 16.6. The van der Waals surface area contributed by atoms with Gasteiger partial charge in [0, 0.05) is 11.1 Å². The molecule has 0 aliphatic heterocycles. The quantitative estimate of drug-likeness (QED) is 0.800. The predicted molar refractivity (Wildman–Crippen MR) is 97.8 cm³/mol. The van der Waals surface area contributed by atoms with Crippen LogP contribution in [0, 0.1) is 0 Å². The molecule has 0 amide bonds. The van der Waals surface area contributed by atoms with Gasteiger partial charge in [-0.3, -0.25) is 4.79 Å². The molecule has 0 bridgehead atoms. The maximum absolute atomic E-state index is 12.9. The lowest BCUT2D eigenvalue weighted by atomic mass is 9.71. The molecule has 0 saturated heterocycles. The van der Waals surface area contributed by atoms with Crippen molar-refractivity contribution in [2.24, 2.45) is 0 Å². The van der Waals surface area contributed by atoms with Gasteiger partial charge in [-0.2, -0.15) is 0 Å². The number of carbonyl (C=O) groups excluding carboxylic acids is 1. The highest BCUT2D eigenvalue weighted by atomic mass is 16.5. The third-order valence-electron chi connectivity index (χ3n) is 4.21. The summed E-state index contributed by atoms with van der Waals surface area (Å²) in [6.45, 7) is 7.60. The van der Waals surface area contributed by atoms with E-state index in [1.54, 1.807) is 12.1 Å². The molecule has 6 heteroatoms. The van der Waals surface area contributed by atoms with E-state index >= 15 is 0 Å². The Morgan fingerprint density at radius 1 is 1.04 bits per heavy atom. The number of ketones is 1. The van der Waals surface area contributed by atoms with Gasteiger partial charge in [0.25, 0.3) is 0 Å². The number of hydrogen-bond acceptors (Lipinski definition) is 6. The lowest BCUT2D eigenvalue weighted by Gasteiger charge is -2.43. The second kappa shape index (κ2) is 7.19. The lowest BCUT2D eigenvalue weighted by Crippen LogP contribution is -2.51. The molecule has 26 heavy (non-hydrogen) atoms. The van der Waals surface area contributed by atoms with Crippen molar-refractivity contribution < 1.29 is 28.8 Å². The minimum Gasteiger partial charge on any atom is -0.493 e. The van der Waals surface area contributed by atoms with Gasteiger partial charge in [-0.1, -0.05) is 13.3 Å². The number of methoxy groups -OCH3 is 3. The fourth-order valence-electron chi connectivity index (χ4n) is 3.13. The second-order valence-corrected chi connectivity index (χ2v) is 7.19. The van der Waals surface area contributed by atoms with Gasteiger partial charge in [-0.05, 0) is 39.3 Å². The summed E-state index contributed by atoms with van der Waals surface area (Å²) in [6, 6.07) is 3.24. The Kier molecular flexibility index (Phi) is 5.56. The summed E-state index contributed by atoms with van der Waals surface area (Å²) in [5, 5.41) is 11.4. The minimum atomic E-state index is -1.90. The number of Topliss-reactive ketones (excluding diaryl/α,β-unsaturated/α-hetero) is 1. The van der Waals surface area contributed by atoms with Crippen LogP contribution in [0.25, 0.3) is 0 Å². The lowest BCUT2D eigenvalue weighted by molar-refractivity contribution is -0.146. The van der Waals surface area contributed by atoms with Crippen molar-refractivity contribution in [2.75, 3.05) is 21.3 Å². The average molecular weight is 364 g/mol. The van der Waals surface area contributed by atoms with Gasteiger partial charge in [0.15, 0.2) is 11.5 Å². The Balaban J connectivity index is 2.67. The maximum Gasteiger partial charge on any atom is 0.214 e. The largest absolute Gasteiger partial charge is 0.493 e. The first-order valence-electron chi connectivity index (χ1n) is 8.64. The molecule has 6 nitrogen and oxygen atoms in total. The third kappa shape index (κ3) is 3.14. The van der Waals surface area contributed by atoms with E-state index in [1.165, 1.54) is 21.3 Å². The van der Waals surface area contributed by atoms with E-state index in [1.807, 2.05) is 27.7 Å². The van der Waals surface area contributed by atoms with Crippen molar-refractivity contribution in [3.05, 3.63) is 29.0 Å². The third-order valence-corrected chi connectivity index (χ3v) is 4.21. The molecule has 0 radical (unpaired) electrons. The van der Waals surface area contributed by atoms with Gasteiger partial charge in [0.2, 0.25) is 17.1 Å². The van der Waals surface area contributed by atoms with E-state index in [0.717, 1.165) is 6.42 Å². The number of carbonyl (C=O) groups is 1. The molecule has 0 heterocycles. The normalized spacial score (nSPS) is 19.9. The molecule has 0 aromatic heterocycles. The highest BCUT2D eigenvalue weighted by Crippen LogP contribution is 2.53. The fourth-order valence-corrected chi connectivity index (χ4v) is 3.13. The Labute approximate surface area is 154 Å². The van der Waals surface area contributed by atoms with Gasteiger partial charge in [-0.15, -0.1) is 0 Å². The Bertz CT molecular complexity index is 729. The van der Waals surface area contributed by atoms with Crippen LogP contribution in [-0.2, 0) is 15.1 Å². The number of hydrogen-bond donors (Lipinski definition) is 1. The number of rotatable bonds is 7. The van der Waals surface area contributed by atoms with Gasteiger partial charge in [-0.25, -0.2) is 0 Å². The summed E-state index contributed by atoms with van der Waals surface area (Å²) >= 11 is 0. The molecule has 1 N–H and O–H groups in total. The second-order valence-electron chi connectivity index (χ2n) is 7.19. The van der Waals surface area contributed by atoms with Crippen LogP contribution >= 0.6 is 0 Å². The van der Waals surface area contributed by atoms with Crippen LogP contribution in [-0.4, -0.2) is 37.8 Å². The zero-order valence-electron chi connectivity index (χ0n) is 16.6. The minimum absolute atomic E-state index is 0.244. The van der Waals surface area contributed by atoms with Crippen LogP contribution in [0.1, 0.15) is 46.1 Å².